The molecule has 3 nitrogen and oxygen atoms in total. The Morgan fingerprint density at radius 1 is 1.27 bits per heavy atom. The standard InChI is InChI=1S/C15H18F3N3S/c1-3-8-19-10(2)13-9-22-14(21-13)20-12-7-5-4-6-11(12)15(16,17)18/h4-7,9-10,19H,3,8H2,1-2H3,(H,20,21). The first kappa shape index (κ1) is 16.8. The summed E-state index contributed by atoms with van der Waals surface area (Å²) < 4.78 is 38.9. The Morgan fingerprint density at radius 2 is 2.00 bits per heavy atom. The van der Waals surface area contributed by atoms with E-state index in [1.54, 1.807) is 6.07 Å². The lowest BCUT2D eigenvalue weighted by atomic mass is 10.2. The lowest BCUT2D eigenvalue weighted by molar-refractivity contribution is -0.136. The average Bonchev–Trinajstić information content (AvgIpc) is 2.93. The zero-order valence-corrected chi connectivity index (χ0v) is 13.2. The molecule has 0 saturated carbocycles. The Labute approximate surface area is 131 Å². The van der Waals surface area contributed by atoms with Crippen molar-refractivity contribution in [3.05, 3.63) is 40.9 Å². The van der Waals surface area contributed by atoms with E-state index >= 15 is 0 Å². The molecule has 0 spiro atoms. The Kier molecular flexibility index (Phi) is 5.42. The van der Waals surface area contributed by atoms with E-state index in [1.807, 2.05) is 12.3 Å². The number of nitrogens with zero attached hydrogens (tertiary/aromatic N) is 1. The fraction of sp³-hybridized carbons (Fsp3) is 0.400. The number of benzene rings is 1. The van der Waals surface area contributed by atoms with Crippen LogP contribution < -0.4 is 10.6 Å². The number of para-hydroxylation sites is 1. The van der Waals surface area contributed by atoms with Crippen LogP contribution in [0.2, 0.25) is 0 Å². The number of aromatic nitrogens is 1. The molecule has 0 amide bonds. The SMILES string of the molecule is CCCNC(C)c1csc(Nc2ccccc2C(F)(F)F)n1. The second kappa shape index (κ2) is 7.11. The molecular formula is C15H18F3N3S. The van der Waals surface area contributed by atoms with E-state index in [2.05, 4.69) is 22.5 Å². The van der Waals surface area contributed by atoms with Crippen LogP contribution in [0.15, 0.2) is 29.6 Å². The molecule has 120 valence electrons. The summed E-state index contributed by atoms with van der Waals surface area (Å²) in [4.78, 5) is 4.36. The number of hydrogen-bond donors (Lipinski definition) is 2. The molecule has 2 rings (SSSR count). The minimum atomic E-state index is -4.39. The summed E-state index contributed by atoms with van der Waals surface area (Å²) in [6.45, 7) is 4.93. The monoisotopic (exact) mass is 329 g/mol. The molecule has 1 unspecified atom stereocenters. The van der Waals surface area contributed by atoms with Crippen molar-refractivity contribution in [2.45, 2.75) is 32.5 Å². The van der Waals surface area contributed by atoms with Crippen LogP contribution in [0, 0.1) is 0 Å². The summed E-state index contributed by atoms with van der Waals surface area (Å²) in [5, 5.41) is 8.38. The van der Waals surface area contributed by atoms with Gasteiger partial charge in [0.25, 0.3) is 0 Å². The van der Waals surface area contributed by atoms with Gasteiger partial charge in [-0.2, -0.15) is 13.2 Å². The van der Waals surface area contributed by atoms with Crippen molar-refractivity contribution in [3.63, 3.8) is 0 Å². The molecule has 7 heteroatoms. The zero-order valence-electron chi connectivity index (χ0n) is 12.4. The van der Waals surface area contributed by atoms with Crippen LogP contribution in [0.5, 0.6) is 0 Å². The smallest absolute Gasteiger partial charge is 0.331 e. The number of alkyl halides is 3. The summed E-state index contributed by atoms with van der Waals surface area (Å²) in [6, 6.07) is 5.48. The van der Waals surface area contributed by atoms with E-state index in [0.29, 0.717) is 5.13 Å². The minimum absolute atomic E-state index is 0.0186. The van der Waals surface area contributed by atoms with Crippen LogP contribution in [0.1, 0.15) is 37.6 Å². The zero-order chi connectivity index (χ0) is 16.2. The molecular weight excluding hydrogens is 311 g/mol. The predicted octanol–water partition coefficient (Wildman–Crippen LogP) is 4.97. The molecule has 2 N–H and O–H groups in total. The molecule has 1 aromatic heterocycles. The van der Waals surface area contributed by atoms with Gasteiger partial charge in [0.05, 0.1) is 16.9 Å². The van der Waals surface area contributed by atoms with Gasteiger partial charge in [-0.15, -0.1) is 11.3 Å². The van der Waals surface area contributed by atoms with Crippen molar-refractivity contribution < 1.29 is 13.2 Å². The lowest BCUT2D eigenvalue weighted by Gasteiger charge is -2.13. The van der Waals surface area contributed by atoms with Gasteiger partial charge in [-0.05, 0) is 32.0 Å². The summed E-state index contributed by atoms with van der Waals surface area (Å²) in [6.07, 6.45) is -3.38. The second-order valence-electron chi connectivity index (χ2n) is 4.92. The Morgan fingerprint density at radius 3 is 2.68 bits per heavy atom. The Hall–Kier alpha value is -1.60. The molecule has 1 aromatic carbocycles. The van der Waals surface area contributed by atoms with Crippen LogP contribution in [0.4, 0.5) is 24.0 Å². The summed E-state index contributed by atoms with van der Waals surface area (Å²) >= 11 is 1.30. The maximum Gasteiger partial charge on any atom is 0.418 e. The first-order chi connectivity index (χ1) is 10.4. The number of anilines is 2. The maximum atomic E-state index is 13.0. The van der Waals surface area contributed by atoms with Gasteiger partial charge in [0.2, 0.25) is 0 Å². The third-order valence-electron chi connectivity index (χ3n) is 3.14. The van der Waals surface area contributed by atoms with Gasteiger partial charge in [0.15, 0.2) is 5.13 Å². The first-order valence-electron chi connectivity index (χ1n) is 7.04. The summed E-state index contributed by atoms with van der Waals surface area (Å²) in [5.74, 6) is 0. The first-order valence-corrected chi connectivity index (χ1v) is 7.92. The molecule has 0 bridgehead atoms. The van der Waals surface area contributed by atoms with E-state index in [1.165, 1.54) is 23.5 Å². The van der Waals surface area contributed by atoms with E-state index in [0.717, 1.165) is 24.7 Å². The van der Waals surface area contributed by atoms with Crippen molar-refractivity contribution in [1.29, 1.82) is 0 Å². The van der Waals surface area contributed by atoms with Crippen LogP contribution in [0.25, 0.3) is 0 Å². The highest BCUT2D eigenvalue weighted by Gasteiger charge is 2.33. The quantitative estimate of drug-likeness (QED) is 0.786. The van der Waals surface area contributed by atoms with Crippen molar-refractivity contribution >= 4 is 22.2 Å². The van der Waals surface area contributed by atoms with E-state index in [4.69, 9.17) is 0 Å². The van der Waals surface area contributed by atoms with Crippen LogP contribution >= 0.6 is 11.3 Å². The number of hydrogen-bond acceptors (Lipinski definition) is 4. The van der Waals surface area contributed by atoms with Gasteiger partial charge in [0.1, 0.15) is 0 Å². The van der Waals surface area contributed by atoms with Crippen molar-refractivity contribution in [3.8, 4) is 0 Å². The summed E-state index contributed by atoms with van der Waals surface area (Å²) in [5.41, 5.74) is 0.152. The highest BCUT2D eigenvalue weighted by atomic mass is 32.1. The van der Waals surface area contributed by atoms with Crippen LogP contribution in [0.3, 0.4) is 0 Å². The van der Waals surface area contributed by atoms with Gasteiger partial charge in [-0.1, -0.05) is 19.1 Å². The molecule has 0 aliphatic carbocycles. The lowest BCUT2D eigenvalue weighted by Crippen LogP contribution is -2.19. The van der Waals surface area contributed by atoms with Crippen LogP contribution in [-0.2, 0) is 6.18 Å². The summed E-state index contributed by atoms with van der Waals surface area (Å²) in [7, 11) is 0. The number of nitrogens with one attached hydrogen (secondary N) is 2. The normalized spacial score (nSPS) is 13.1. The molecule has 0 radical (unpaired) electrons. The third kappa shape index (κ3) is 4.20. The topological polar surface area (TPSA) is 37.0 Å². The fourth-order valence-corrected chi connectivity index (χ4v) is 2.78. The molecule has 2 aromatic rings. The van der Waals surface area contributed by atoms with Crippen LogP contribution in [-0.4, -0.2) is 11.5 Å². The fourth-order valence-electron chi connectivity index (χ4n) is 1.96. The minimum Gasteiger partial charge on any atom is -0.331 e. The average molecular weight is 329 g/mol. The highest BCUT2D eigenvalue weighted by Crippen LogP contribution is 2.36. The van der Waals surface area contributed by atoms with Crippen molar-refractivity contribution in [2.24, 2.45) is 0 Å². The van der Waals surface area contributed by atoms with Gasteiger partial charge in [-0.3, -0.25) is 0 Å². The largest absolute Gasteiger partial charge is 0.418 e. The van der Waals surface area contributed by atoms with Gasteiger partial charge in [-0.25, -0.2) is 4.98 Å². The number of rotatable bonds is 6. The van der Waals surface area contributed by atoms with E-state index in [9.17, 15) is 13.2 Å². The van der Waals surface area contributed by atoms with Gasteiger partial charge in [0, 0.05) is 11.4 Å². The Bertz CT molecular complexity index is 610. The van der Waals surface area contributed by atoms with E-state index in [-0.39, 0.29) is 11.7 Å². The molecule has 0 saturated heterocycles. The number of halogens is 3. The van der Waals surface area contributed by atoms with Crippen molar-refractivity contribution in [1.82, 2.24) is 10.3 Å². The van der Waals surface area contributed by atoms with Gasteiger partial charge < -0.3 is 10.6 Å². The molecule has 0 aliphatic rings. The predicted molar refractivity (Wildman–Crippen MR) is 83.5 cm³/mol. The molecule has 0 fully saturated rings. The maximum absolute atomic E-state index is 13.0. The Balaban J connectivity index is 2.14. The third-order valence-corrected chi connectivity index (χ3v) is 3.92. The second-order valence-corrected chi connectivity index (χ2v) is 5.78. The number of thiazole rings is 1. The molecule has 0 aliphatic heterocycles. The molecule has 22 heavy (non-hydrogen) atoms. The highest BCUT2D eigenvalue weighted by molar-refractivity contribution is 7.13. The van der Waals surface area contributed by atoms with Crippen molar-refractivity contribution in [2.75, 3.05) is 11.9 Å². The molecule has 1 atom stereocenters. The molecule has 1 heterocycles. The van der Waals surface area contributed by atoms with E-state index < -0.39 is 11.7 Å². The van der Waals surface area contributed by atoms with Gasteiger partial charge >= 0.3 is 6.18 Å².